The number of hydrogen-bond donors (Lipinski definition) is 0. The summed E-state index contributed by atoms with van der Waals surface area (Å²) in [5.41, 5.74) is 0. The molecule has 1 heterocycles. The Bertz CT molecular complexity index is 584. The smallest absolute Gasteiger partial charge is 0.550 e. The van der Waals surface area contributed by atoms with Crippen molar-refractivity contribution in [2.24, 2.45) is 0 Å². The van der Waals surface area contributed by atoms with Gasteiger partial charge in [0.15, 0.2) is 0 Å². The van der Waals surface area contributed by atoms with Crippen LogP contribution in [0.2, 0.25) is 0 Å². The average molecular weight is 623 g/mol. The predicted octanol–water partition coefficient (Wildman–Crippen LogP) is -9.62. The molecule has 1 aliphatic heterocycles. The molecule has 1 rings (SSSR count). The molecule has 1 saturated heterocycles. The quantitative estimate of drug-likeness (QED) is 0.158. The first-order valence-electron chi connectivity index (χ1n) is 10.3. The largest absolute Gasteiger partial charge is 3.00 e. The van der Waals surface area contributed by atoms with Gasteiger partial charge in [0.25, 0.3) is 0 Å². The first-order valence-corrected chi connectivity index (χ1v) is 10.3. The van der Waals surface area contributed by atoms with Gasteiger partial charge >= 0.3 is 69.5 Å². The summed E-state index contributed by atoms with van der Waals surface area (Å²) in [6.07, 6.45) is 1.01. The molecule has 0 amide bonds. The fourth-order valence-electron chi connectivity index (χ4n) is 3.43. The Morgan fingerprint density at radius 1 is 0.515 bits per heavy atom. The second kappa shape index (κ2) is 20.3. The standard InChI is InChI=1S/C19H34N4O8.Gd.Na/c24-16(25)3-1-2-4-20-5-7-21(13-17(26)27)9-11-23(15-19(30)31)12-10-22(8-6-20)14-18(28)29;;/h1-15H2,(H,24,25)(H,26,27)(H,28,29)(H,30,31);;/q;+3;+1/p-4. The third kappa shape index (κ3) is 19.0. The summed E-state index contributed by atoms with van der Waals surface area (Å²) in [5.74, 6) is -4.86. The van der Waals surface area contributed by atoms with Gasteiger partial charge in [0, 0.05) is 78.0 Å². The fourth-order valence-corrected chi connectivity index (χ4v) is 3.43. The van der Waals surface area contributed by atoms with Crippen molar-refractivity contribution < 1.29 is 109 Å². The Hall–Kier alpha value is 0.0447. The zero-order valence-corrected chi connectivity index (χ0v) is 23.3. The summed E-state index contributed by atoms with van der Waals surface area (Å²) in [6, 6.07) is 0. The number of carbonyl (C=O) groups is 4. The van der Waals surface area contributed by atoms with Crippen LogP contribution in [0.5, 0.6) is 0 Å². The maximum absolute atomic E-state index is 11.1. The van der Waals surface area contributed by atoms with Crippen molar-refractivity contribution in [3.63, 3.8) is 0 Å². The van der Waals surface area contributed by atoms with E-state index in [4.69, 9.17) is 0 Å². The second-order valence-electron chi connectivity index (χ2n) is 7.62. The van der Waals surface area contributed by atoms with E-state index in [0.29, 0.717) is 58.7 Å². The molecule has 1 radical (unpaired) electrons. The molecule has 0 spiro atoms. The van der Waals surface area contributed by atoms with Crippen LogP contribution in [-0.2, 0) is 19.2 Å². The first kappa shape index (κ1) is 35.2. The number of hydrogen-bond acceptors (Lipinski definition) is 12. The van der Waals surface area contributed by atoms with Gasteiger partial charge in [-0.25, -0.2) is 0 Å². The minimum Gasteiger partial charge on any atom is -0.550 e. The SMILES string of the molecule is O=C([O-])CCCCN1CCN(CC(=O)[O-])CCN(CC(=O)[O-])CCN(CC(=O)[O-])CC1.[Gd+3].[Na+]. The molecule has 14 heteroatoms. The van der Waals surface area contributed by atoms with Crippen molar-refractivity contribution >= 4 is 23.9 Å². The third-order valence-electron chi connectivity index (χ3n) is 5.09. The third-order valence-corrected chi connectivity index (χ3v) is 5.09. The minimum absolute atomic E-state index is 0. The summed E-state index contributed by atoms with van der Waals surface area (Å²) in [6.45, 7) is 2.49. The van der Waals surface area contributed by atoms with Gasteiger partial charge in [0.2, 0.25) is 0 Å². The van der Waals surface area contributed by atoms with Crippen LogP contribution >= 0.6 is 0 Å². The number of unbranched alkanes of at least 4 members (excludes halogenated alkanes) is 1. The molecule has 0 aromatic carbocycles. The zero-order valence-electron chi connectivity index (χ0n) is 19.0. The van der Waals surface area contributed by atoms with Gasteiger partial charge in [-0.2, -0.15) is 0 Å². The number of nitrogens with zero attached hydrogens (tertiary/aromatic N) is 4. The van der Waals surface area contributed by atoms with Crippen LogP contribution in [0, 0.1) is 39.9 Å². The minimum atomic E-state index is -1.27. The Morgan fingerprint density at radius 3 is 1.09 bits per heavy atom. The summed E-state index contributed by atoms with van der Waals surface area (Å²) in [4.78, 5) is 50.7. The molecule has 183 valence electrons. The molecule has 0 unspecified atom stereocenters. The van der Waals surface area contributed by atoms with Crippen LogP contribution in [-0.4, -0.2) is 122 Å². The Morgan fingerprint density at radius 2 is 0.818 bits per heavy atom. The Kier molecular flexibility index (Phi) is 21.6. The fraction of sp³-hybridized carbons (Fsp3) is 0.789. The summed E-state index contributed by atoms with van der Waals surface area (Å²) < 4.78 is 0. The van der Waals surface area contributed by atoms with Crippen molar-refractivity contribution in [3.8, 4) is 0 Å². The maximum atomic E-state index is 11.1. The van der Waals surface area contributed by atoms with Crippen molar-refractivity contribution in [1.82, 2.24) is 19.6 Å². The van der Waals surface area contributed by atoms with Crippen LogP contribution in [0.1, 0.15) is 19.3 Å². The van der Waals surface area contributed by atoms with Crippen molar-refractivity contribution in [1.29, 1.82) is 0 Å². The van der Waals surface area contributed by atoms with Gasteiger partial charge in [-0.3, -0.25) is 14.7 Å². The van der Waals surface area contributed by atoms with Gasteiger partial charge in [-0.15, -0.1) is 0 Å². The molecule has 0 aliphatic carbocycles. The summed E-state index contributed by atoms with van der Waals surface area (Å²) in [5, 5.41) is 43.8. The van der Waals surface area contributed by atoms with Crippen LogP contribution in [0.25, 0.3) is 0 Å². The van der Waals surface area contributed by atoms with E-state index < -0.39 is 23.9 Å². The van der Waals surface area contributed by atoms with Gasteiger partial charge < -0.3 is 44.5 Å². The van der Waals surface area contributed by atoms with E-state index in [1.807, 2.05) is 4.90 Å². The van der Waals surface area contributed by atoms with E-state index >= 15 is 0 Å². The van der Waals surface area contributed by atoms with E-state index in [-0.39, 0.29) is 109 Å². The summed E-state index contributed by atoms with van der Waals surface area (Å²) in [7, 11) is 0. The van der Waals surface area contributed by atoms with E-state index in [0.717, 1.165) is 0 Å². The zero-order chi connectivity index (χ0) is 23.2. The van der Waals surface area contributed by atoms with Crippen LogP contribution in [0.4, 0.5) is 0 Å². The van der Waals surface area contributed by atoms with Crippen LogP contribution < -0.4 is 50.0 Å². The monoisotopic (exact) mass is 623 g/mol. The number of carboxylic acids is 4. The first-order chi connectivity index (χ1) is 14.7. The van der Waals surface area contributed by atoms with E-state index in [9.17, 15) is 39.6 Å². The maximum Gasteiger partial charge on any atom is 3.00 e. The number of carbonyl (C=O) groups excluding carboxylic acids is 4. The molecule has 0 saturated carbocycles. The molecule has 1 fully saturated rings. The number of rotatable bonds is 11. The molecule has 33 heavy (non-hydrogen) atoms. The molecule has 0 aromatic heterocycles. The van der Waals surface area contributed by atoms with Gasteiger partial charge in [-0.05, 0) is 25.8 Å². The van der Waals surface area contributed by atoms with Crippen molar-refractivity contribution in [2.45, 2.75) is 19.3 Å². The molecule has 1 aliphatic rings. The molecule has 0 bridgehead atoms. The van der Waals surface area contributed by atoms with E-state index in [1.54, 1.807) is 14.7 Å². The molecular weight excluding hydrogens is 592 g/mol. The topological polar surface area (TPSA) is 173 Å². The molecular formula is C19H30GdN4NaO8. The normalized spacial score (nSPS) is 17.6. The number of carboxylic acid groups (broad SMARTS) is 4. The molecule has 12 nitrogen and oxygen atoms in total. The van der Waals surface area contributed by atoms with Crippen LogP contribution in [0.3, 0.4) is 0 Å². The van der Waals surface area contributed by atoms with Gasteiger partial charge in [0.1, 0.15) is 0 Å². The van der Waals surface area contributed by atoms with Gasteiger partial charge in [-0.1, -0.05) is 0 Å². The molecule has 0 atom stereocenters. The predicted molar refractivity (Wildman–Crippen MR) is 99.6 cm³/mol. The van der Waals surface area contributed by atoms with E-state index in [2.05, 4.69) is 0 Å². The number of aliphatic carboxylic acids is 4. The van der Waals surface area contributed by atoms with Crippen molar-refractivity contribution in [3.05, 3.63) is 0 Å². The van der Waals surface area contributed by atoms with Crippen LogP contribution in [0.15, 0.2) is 0 Å². The van der Waals surface area contributed by atoms with Crippen molar-refractivity contribution in [2.75, 3.05) is 78.5 Å². The summed E-state index contributed by atoms with van der Waals surface area (Å²) >= 11 is 0. The van der Waals surface area contributed by atoms with Gasteiger partial charge in [0.05, 0.1) is 17.9 Å². The average Bonchev–Trinajstić information content (AvgIpc) is 2.65. The second-order valence-corrected chi connectivity index (χ2v) is 7.62. The Labute approximate surface area is 248 Å². The molecule has 0 aromatic rings. The molecule has 0 N–H and O–H groups in total. The van der Waals surface area contributed by atoms with E-state index in [1.165, 1.54) is 0 Å². The Balaban J connectivity index is 0.